The molecule has 0 spiro atoms. The van der Waals surface area contributed by atoms with Crippen LogP contribution in [0.4, 0.5) is 6.01 Å². The fourth-order valence-electron chi connectivity index (χ4n) is 2.26. The zero-order chi connectivity index (χ0) is 16.2. The van der Waals surface area contributed by atoms with E-state index in [0.29, 0.717) is 23.9 Å². The SMILES string of the molecule is COC(=O)c1cc(CNc2nc3ccccc3o2)ccc1OC. The van der Waals surface area contributed by atoms with Crippen molar-refractivity contribution in [1.29, 1.82) is 0 Å². The maximum absolute atomic E-state index is 11.8. The number of oxazole rings is 1. The molecule has 0 radical (unpaired) electrons. The zero-order valence-electron chi connectivity index (χ0n) is 12.8. The fraction of sp³-hybridized carbons (Fsp3) is 0.176. The van der Waals surface area contributed by atoms with Gasteiger partial charge in [-0.25, -0.2) is 4.79 Å². The number of para-hydroxylation sites is 2. The third-order valence-corrected chi connectivity index (χ3v) is 3.41. The lowest BCUT2D eigenvalue weighted by Crippen LogP contribution is -2.06. The molecule has 0 bridgehead atoms. The average Bonchev–Trinajstić information content (AvgIpc) is 3.02. The van der Waals surface area contributed by atoms with E-state index in [1.54, 1.807) is 12.1 Å². The predicted octanol–water partition coefficient (Wildman–Crippen LogP) is 3.24. The summed E-state index contributed by atoms with van der Waals surface area (Å²) in [7, 11) is 2.85. The fourth-order valence-corrected chi connectivity index (χ4v) is 2.26. The van der Waals surface area contributed by atoms with E-state index in [1.165, 1.54) is 14.2 Å². The molecular formula is C17H16N2O4. The topological polar surface area (TPSA) is 73.6 Å². The molecule has 3 aromatic rings. The monoisotopic (exact) mass is 312 g/mol. The number of anilines is 1. The molecule has 1 aromatic heterocycles. The standard InChI is InChI=1S/C17H16N2O4/c1-21-14-8-7-11(9-12(14)16(20)22-2)10-18-17-19-13-5-3-4-6-15(13)23-17/h3-9H,10H2,1-2H3,(H,18,19). The Labute approximate surface area is 133 Å². The Bertz CT molecular complexity index is 808. The minimum Gasteiger partial charge on any atom is -0.496 e. The number of methoxy groups -OCH3 is 2. The van der Waals surface area contributed by atoms with Gasteiger partial charge >= 0.3 is 5.97 Å². The minimum atomic E-state index is -0.439. The minimum absolute atomic E-state index is 0.381. The largest absolute Gasteiger partial charge is 0.496 e. The first-order valence-electron chi connectivity index (χ1n) is 7.06. The molecule has 0 aliphatic heterocycles. The molecule has 1 heterocycles. The molecule has 0 aliphatic rings. The second-order valence-corrected chi connectivity index (χ2v) is 4.87. The summed E-state index contributed by atoms with van der Waals surface area (Å²) >= 11 is 0. The second kappa shape index (κ2) is 6.39. The van der Waals surface area contributed by atoms with Crippen LogP contribution in [0.25, 0.3) is 11.1 Å². The Morgan fingerprint density at radius 3 is 2.78 bits per heavy atom. The Hall–Kier alpha value is -3.02. The number of rotatable bonds is 5. The van der Waals surface area contributed by atoms with E-state index in [-0.39, 0.29) is 0 Å². The average molecular weight is 312 g/mol. The van der Waals surface area contributed by atoms with Crippen molar-refractivity contribution >= 4 is 23.1 Å². The third-order valence-electron chi connectivity index (χ3n) is 3.41. The van der Waals surface area contributed by atoms with Crippen molar-refractivity contribution < 1.29 is 18.7 Å². The molecule has 0 saturated carbocycles. The molecule has 0 aliphatic carbocycles. The summed E-state index contributed by atoms with van der Waals surface area (Å²) in [5.41, 5.74) is 2.78. The lowest BCUT2D eigenvalue weighted by atomic mass is 10.1. The van der Waals surface area contributed by atoms with Gasteiger partial charge in [0.25, 0.3) is 6.01 Å². The highest BCUT2D eigenvalue weighted by atomic mass is 16.5. The highest BCUT2D eigenvalue weighted by Crippen LogP contribution is 2.22. The van der Waals surface area contributed by atoms with Crippen LogP contribution in [0.15, 0.2) is 46.9 Å². The van der Waals surface area contributed by atoms with Gasteiger partial charge in [-0.2, -0.15) is 4.98 Å². The number of nitrogens with zero attached hydrogens (tertiary/aromatic N) is 1. The van der Waals surface area contributed by atoms with E-state index in [4.69, 9.17) is 13.9 Å². The third kappa shape index (κ3) is 3.11. The van der Waals surface area contributed by atoms with Crippen molar-refractivity contribution in [1.82, 2.24) is 4.98 Å². The van der Waals surface area contributed by atoms with Crippen LogP contribution in [0.2, 0.25) is 0 Å². The number of benzene rings is 2. The first-order valence-corrected chi connectivity index (χ1v) is 7.06. The number of fused-ring (bicyclic) bond motifs is 1. The van der Waals surface area contributed by atoms with Gasteiger partial charge in [0.05, 0.1) is 14.2 Å². The molecule has 0 unspecified atom stereocenters. The number of carbonyl (C=O) groups excluding carboxylic acids is 1. The van der Waals surface area contributed by atoms with Gasteiger partial charge in [0.15, 0.2) is 5.58 Å². The normalized spacial score (nSPS) is 10.5. The van der Waals surface area contributed by atoms with Crippen LogP contribution >= 0.6 is 0 Å². The molecule has 2 aromatic carbocycles. The van der Waals surface area contributed by atoms with Gasteiger partial charge in [0.1, 0.15) is 16.8 Å². The van der Waals surface area contributed by atoms with Crippen LogP contribution in [0.1, 0.15) is 15.9 Å². The van der Waals surface area contributed by atoms with E-state index >= 15 is 0 Å². The van der Waals surface area contributed by atoms with E-state index < -0.39 is 5.97 Å². The van der Waals surface area contributed by atoms with Gasteiger partial charge in [0, 0.05) is 6.54 Å². The number of nitrogens with one attached hydrogen (secondary N) is 1. The molecule has 1 N–H and O–H groups in total. The molecule has 0 amide bonds. The molecule has 6 nitrogen and oxygen atoms in total. The zero-order valence-corrected chi connectivity index (χ0v) is 12.8. The molecule has 23 heavy (non-hydrogen) atoms. The maximum atomic E-state index is 11.8. The number of ether oxygens (including phenoxy) is 2. The van der Waals surface area contributed by atoms with Crippen molar-refractivity contribution in [2.75, 3.05) is 19.5 Å². The molecule has 0 fully saturated rings. The van der Waals surface area contributed by atoms with Crippen molar-refractivity contribution in [2.24, 2.45) is 0 Å². The summed E-state index contributed by atoms with van der Waals surface area (Å²) in [5, 5.41) is 3.10. The molecule has 6 heteroatoms. The molecule has 118 valence electrons. The van der Waals surface area contributed by atoms with E-state index in [2.05, 4.69) is 10.3 Å². The summed E-state index contributed by atoms with van der Waals surface area (Å²) in [6, 6.07) is 13.3. The second-order valence-electron chi connectivity index (χ2n) is 4.87. The highest BCUT2D eigenvalue weighted by molar-refractivity contribution is 5.92. The van der Waals surface area contributed by atoms with E-state index in [1.807, 2.05) is 30.3 Å². The maximum Gasteiger partial charge on any atom is 0.341 e. The lowest BCUT2D eigenvalue weighted by Gasteiger charge is -2.09. The van der Waals surface area contributed by atoms with Crippen molar-refractivity contribution in [2.45, 2.75) is 6.54 Å². The van der Waals surface area contributed by atoms with Crippen molar-refractivity contribution in [3.8, 4) is 5.75 Å². The lowest BCUT2D eigenvalue weighted by molar-refractivity contribution is 0.0597. The van der Waals surface area contributed by atoms with Gasteiger partial charge in [0.2, 0.25) is 0 Å². The predicted molar refractivity (Wildman–Crippen MR) is 85.7 cm³/mol. The van der Waals surface area contributed by atoms with Crippen LogP contribution < -0.4 is 10.1 Å². The van der Waals surface area contributed by atoms with Crippen LogP contribution in [0.5, 0.6) is 5.75 Å². The van der Waals surface area contributed by atoms with E-state index in [9.17, 15) is 4.79 Å². The molecule has 0 saturated heterocycles. The first-order chi connectivity index (χ1) is 11.2. The number of hydrogen-bond donors (Lipinski definition) is 1. The quantitative estimate of drug-likeness (QED) is 0.729. The van der Waals surface area contributed by atoms with E-state index in [0.717, 1.165) is 16.7 Å². The van der Waals surface area contributed by atoms with Gasteiger partial charge < -0.3 is 19.2 Å². The Morgan fingerprint density at radius 1 is 1.22 bits per heavy atom. The molecule has 0 atom stereocenters. The van der Waals surface area contributed by atoms with Gasteiger partial charge in [-0.1, -0.05) is 18.2 Å². The van der Waals surface area contributed by atoms with Gasteiger partial charge in [-0.15, -0.1) is 0 Å². The summed E-state index contributed by atoms with van der Waals surface area (Å²) in [6.07, 6.45) is 0. The van der Waals surface area contributed by atoms with Gasteiger partial charge in [-0.05, 0) is 29.8 Å². The van der Waals surface area contributed by atoms with Crippen molar-refractivity contribution in [3.05, 3.63) is 53.6 Å². The number of aromatic nitrogens is 1. The summed E-state index contributed by atoms with van der Waals surface area (Å²) in [4.78, 5) is 16.1. The van der Waals surface area contributed by atoms with Crippen LogP contribution in [0, 0.1) is 0 Å². The molecule has 3 rings (SSSR count). The Morgan fingerprint density at radius 2 is 2.04 bits per heavy atom. The smallest absolute Gasteiger partial charge is 0.341 e. The van der Waals surface area contributed by atoms with Gasteiger partial charge in [-0.3, -0.25) is 0 Å². The highest BCUT2D eigenvalue weighted by Gasteiger charge is 2.13. The Kier molecular flexibility index (Phi) is 4.14. The number of carbonyl (C=O) groups is 1. The van der Waals surface area contributed by atoms with Crippen LogP contribution in [-0.4, -0.2) is 25.2 Å². The summed E-state index contributed by atoms with van der Waals surface area (Å²) in [6.45, 7) is 0.459. The van der Waals surface area contributed by atoms with Crippen LogP contribution in [-0.2, 0) is 11.3 Å². The first kappa shape index (κ1) is 14.9. The number of hydrogen-bond acceptors (Lipinski definition) is 6. The summed E-state index contributed by atoms with van der Waals surface area (Å²) in [5.74, 6) is 0.0352. The number of esters is 1. The van der Waals surface area contributed by atoms with Crippen LogP contribution in [0.3, 0.4) is 0 Å². The molecular weight excluding hydrogens is 296 g/mol. The Balaban J connectivity index is 1.78. The van der Waals surface area contributed by atoms with Crippen molar-refractivity contribution in [3.63, 3.8) is 0 Å². The summed E-state index contributed by atoms with van der Waals surface area (Å²) < 4.78 is 15.5.